The molecule has 1 aromatic carbocycles. The van der Waals surface area contributed by atoms with Crippen molar-refractivity contribution < 1.29 is 9.53 Å². The topological polar surface area (TPSA) is 53.6 Å². The van der Waals surface area contributed by atoms with E-state index in [2.05, 4.69) is 22.5 Å². The molecular formula is C15H24ClN3O2. The van der Waals surface area contributed by atoms with Crippen molar-refractivity contribution in [3.63, 3.8) is 0 Å². The number of rotatable bonds is 5. The molecule has 0 aliphatic carbocycles. The van der Waals surface area contributed by atoms with Crippen LogP contribution in [0.3, 0.4) is 0 Å². The van der Waals surface area contributed by atoms with Crippen LogP contribution in [0.2, 0.25) is 0 Å². The van der Waals surface area contributed by atoms with E-state index < -0.39 is 0 Å². The van der Waals surface area contributed by atoms with Crippen LogP contribution in [0.25, 0.3) is 0 Å². The number of halogens is 1. The molecule has 1 atom stereocenters. The van der Waals surface area contributed by atoms with Crippen LogP contribution in [-0.2, 0) is 11.3 Å². The second kappa shape index (κ2) is 8.87. The SMILES string of the molecule is COc1cccc(CNC(=O)CN2CCNC[C@H]2C)c1.Cl. The van der Waals surface area contributed by atoms with Crippen molar-refractivity contribution in [2.75, 3.05) is 33.3 Å². The van der Waals surface area contributed by atoms with Gasteiger partial charge in [0, 0.05) is 32.2 Å². The van der Waals surface area contributed by atoms with Crippen molar-refractivity contribution in [1.29, 1.82) is 0 Å². The zero-order chi connectivity index (χ0) is 14.4. The summed E-state index contributed by atoms with van der Waals surface area (Å²) in [5, 5.41) is 6.28. The lowest BCUT2D eigenvalue weighted by atomic mass is 10.2. The van der Waals surface area contributed by atoms with Gasteiger partial charge in [-0.3, -0.25) is 9.69 Å². The van der Waals surface area contributed by atoms with Gasteiger partial charge < -0.3 is 15.4 Å². The molecule has 1 aliphatic heterocycles. The molecule has 5 nitrogen and oxygen atoms in total. The lowest BCUT2D eigenvalue weighted by molar-refractivity contribution is -0.123. The van der Waals surface area contributed by atoms with E-state index in [1.54, 1.807) is 7.11 Å². The van der Waals surface area contributed by atoms with Crippen molar-refractivity contribution >= 4 is 18.3 Å². The molecule has 0 unspecified atom stereocenters. The van der Waals surface area contributed by atoms with Crippen molar-refractivity contribution in [2.24, 2.45) is 0 Å². The Labute approximate surface area is 132 Å². The van der Waals surface area contributed by atoms with Crippen molar-refractivity contribution in [2.45, 2.75) is 19.5 Å². The second-order valence-electron chi connectivity index (χ2n) is 5.15. The van der Waals surface area contributed by atoms with Gasteiger partial charge in [-0.05, 0) is 24.6 Å². The highest BCUT2D eigenvalue weighted by Gasteiger charge is 2.19. The normalized spacial score (nSPS) is 18.7. The number of nitrogens with one attached hydrogen (secondary N) is 2. The molecule has 1 aromatic rings. The maximum atomic E-state index is 12.0. The number of methoxy groups -OCH3 is 1. The summed E-state index contributed by atoms with van der Waals surface area (Å²) < 4.78 is 5.17. The number of ether oxygens (including phenoxy) is 1. The summed E-state index contributed by atoms with van der Waals surface area (Å²) in [6, 6.07) is 8.16. The monoisotopic (exact) mass is 313 g/mol. The van der Waals surface area contributed by atoms with E-state index in [1.165, 1.54) is 0 Å². The second-order valence-corrected chi connectivity index (χ2v) is 5.15. The minimum Gasteiger partial charge on any atom is -0.497 e. The minimum atomic E-state index is 0. The van der Waals surface area contributed by atoms with E-state index in [1.807, 2.05) is 24.3 Å². The van der Waals surface area contributed by atoms with Gasteiger partial charge in [-0.15, -0.1) is 12.4 Å². The Kier molecular flexibility index (Phi) is 7.50. The third-order valence-electron chi connectivity index (χ3n) is 3.61. The fraction of sp³-hybridized carbons (Fsp3) is 0.533. The quantitative estimate of drug-likeness (QED) is 0.852. The molecule has 0 spiro atoms. The fourth-order valence-corrected chi connectivity index (χ4v) is 2.34. The largest absolute Gasteiger partial charge is 0.497 e. The minimum absolute atomic E-state index is 0. The molecule has 1 saturated heterocycles. The molecular weight excluding hydrogens is 290 g/mol. The zero-order valence-corrected chi connectivity index (χ0v) is 13.4. The summed E-state index contributed by atoms with van der Waals surface area (Å²) in [7, 11) is 1.64. The molecule has 2 rings (SSSR count). The highest BCUT2D eigenvalue weighted by molar-refractivity contribution is 5.85. The third kappa shape index (κ3) is 5.53. The average Bonchev–Trinajstić information content (AvgIpc) is 2.48. The number of piperazine rings is 1. The number of hydrogen-bond acceptors (Lipinski definition) is 4. The van der Waals surface area contributed by atoms with Gasteiger partial charge in [0.1, 0.15) is 5.75 Å². The summed E-state index contributed by atoms with van der Waals surface area (Å²) in [4.78, 5) is 14.2. The lowest BCUT2D eigenvalue weighted by Gasteiger charge is -2.33. The number of benzene rings is 1. The predicted octanol–water partition coefficient (Wildman–Crippen LogP) is 1.03. The van der Waals surface area contributed by atoms with Gasteiger partial charge in [0.05, 0.1) is 13.7 Å². The maximum absolute atomic E-state index is 12.0. The molecule has 1 aliphatic rings. The van der Waals surface area contributed by atoms with E-state index in [0.717, 1.165) is 30.9 Å². The summed E-state index contributed by atoms with van der Waals surface area (Å²) >= 11 is 0. The Morgan fingerprint density at radius 1 is 1.52 bits per heavy atom. The first-order valence-corrected chi connectivity index (χ1v) is 7.03. The van der Waals surface area contributed by atoms with Crippen LogP contribution in [0, 0.1) is 0 Å². The Morgan fingerprint density at radius 2 is 2.33 bits per heavy atom. The number of amides is 1. The zero-order valence-electron chi connectivity index (χ0n) is 12.6. The van der Waals surface area contributed by atoms with Crippen LogP contribution in [0.4, 0.5) is 0 Å². The smallest absolute Gasteiger partial charge is 0.234 e. The van der Waals surface area contributed by atoms with Gasteiger partial charge in [0.15, 0.2) is 0 Å². The fourth-order valence-electron chi connectivity index (χ4n) is 2.34. The number of carbonyl (C=O) groups excluding carboxylic acids is 1. The standard InChI is InChI=1S/C15H23N3O2.ClH/c1-12-9-16-6-7-18(12)11-15(19)17-10-13-4-3-5-14(8-13)20-2;/h3-5,8,12,16H,6-7,9-11H2,1-2H3,(H,17,19);1H/t12-;/m1./s1. The van der Waals surface area contributed by atoms with Crippen molar-refractivity contribution in [3.8, 4) is 5.75 Å². The van der Waals surface area contributed by atoms with E-state index in [0.29, 0.717) is 19.1 Å². The Morgan fingerprint density at radius 3 is 3.05 bits per heavy atom. The van der Waals surface area contributed by atoms with Gasteiger partial charge in [-0.25, -0.2) is 0 Å². The molecule has 118 valence electrons. The Hall–Kier alpha value is -1.30. The molecule has 1 amide bonds. The highest BCUT2D eigenvalue weighted by atomic mass is 35.5. The summed E-state index contributed by atoms with van der Waals surface area (Å²) in [6.07, 6.45) is 0. The molecule has 0 saturated carbocycles. The maximum Gasteiger partial charge on any atom is 0.234 e. The van der Waals surface area contributed by atoms with Gasteiger partial charge in [0.2, 0.25) is 5.91 Å². The van der Waals surface area contributed by atoms with Gasteiger partial charge in [-0.2, -0.15) is 0 Å². The summed E-state index contributed by atoms with van der Waals surface area (Å²) in [5.74, 6) is 0.883. The molecule has 0 bridgehead atoms. The summed E-state index contributed by atoms with van der Waals surface area (Å²) in [5.41, 5.74) is 1.05. The van der Waals surface area contributed by atoms with Crippen LogP contribution >= 0.6 is 12.4 Å². The van der Waals surface area contributed by atoms with E-state index in [4.69, 9.17) is 4.74 Å². The first kappa shape index (κ1) is 17.8. The molecule has 0 aromatic heterocycles. The van der Waals surface area contributed by atoms with Crippen LogP contribution in [0.5, 0.6) is 5.75 Å². The first-order valence-electron chi connectivity index (χ1n) is 7.03. The van der Waals surface area contributed by atoms with E-state index >= 15 is 0 Å². The first-order chi connectivity index (χ1) is 9.69. The van der Waals surface area contributed by atoms with Crippen molar-refractivity contribution in [1.82, 2.24) is 15.5 Å². The average molecular weight is 314 g/mol. The highest BCUT2D eigenvalue weighted by Crippen LogP contribution is 2.12. The van der Waals surface area contributed by atoms with Gasteiger partial charge in [-0.1, -0.05) is 12.1 Å². The molecule has 0 radical (unpaired) electrons. The molecule has 2 N–H and O–H groups in total. The Bertz CT molecular complexity index is 456. The van der Waals surface area contributed by atoms with Gasteiger partial charge in [0.25, 0.3) is 0 Å². The number of nitrogens with zero attached hydrogens (tertiary/aromatic N) is 1. The van der Waals surface area contributed by atoms with E-state index in [-0.39, 0.29) is 18.3 Å². The van der Waals surface area contributed by atoms with Gasteiger partial charge >= 0.3 is 0 Å². The van der Waals surface area contributed by atoms with Crippen LogP contribution in [0.1, 0.15) is 12.5 Å². The molecule has 21 heavy (non-hydrogen) atoms. The summed E-state index contributed by atoms with van der Waals surface area (Å²) in [6.45, 7) is 5.97. The number of carbonyl (C=O) groups is 1. The third-order valence-corrected chi connectivity index (χ3v) is 3.61. The van der Waals surface area contributed by atoms with Crippen LogP contribution in [-0.4, -0.2) is 50.1 Å². The molecule has 1 fully saturated rings. The Balaban J connectivity index is 0.00000220. The number of hydrogen-bond donors (Lipinski definition) is 2. The van der Waals surface area contributed by atoms with Crippen molar-refractivity contribution in [3.05, 3.63) is 29.8 Å². The molecule has 1 heterocycles. The predicted molar refractivity (Wildman–Crippen MR) is 86.0 cm³/mol. The van der Waals surface area contributed by atoms with Crippen LogP contribution in [0.15, 0.2) is 24.3 Å². The molecule has 6 heteroatoms. The lowest BCUT2D eigenvalue weighted by Crippen LogP contribution is -2.52. The van der Waals surface area contributed by atoms with Crippen LogP contribution < -0.4 is 15.4 Å². The van der Waals surface area contributed by atoms with E-state index in [9.17, 15) is 4.79 Å².